The molecule has 0 amide bonds. The summed E-state index contributed by atoms with van der Waals surface area (Å²) in [6, 6.07) is 8.71. The average Bonchev–Trinajstić information content (AvgIpc) is 3.29. The lowest BCUT2D eigenvalue weighted by atomic mass is 9.97. The van der Waals surface area contributed by atoms with Gasteiger partial charge in [0.1, 0.15) is 0 Å². The summed E-state index contributed by atoms with van der Waals surface area (Å²) in [4.78, 5) is 3.86. The Morgan fingerprint density at radius 3 is 2.57 bits per heavy atom. The lowest BCUT2D eigenvalue weighted by Gasteiger charge is -2.15. The summed E-state index contributed by atoms with van der Waals surface area (Å²) in [6.45, 7) is 0.576. The van der Waals surface area contributed by atoms with Crippen LogP contribution in [-0.4, -0.2) is 11.0 Å². The van der Waals surface area contributed by atoms with E-state index >= 15 is 0 Å². The van der Waals surface area contributed by atoms with Gasteiger partial charge in [0.25, 0.3) is 0 Å². The maximum Gasteiger partial charge on any atom is 0.417 e. The topological polar surface area (TPSA) is 24.9 Å². The van der Waals surface area contributed by atoms with E-state index in [1.165, 1.54) is 12.4 Å². The number of hydrogen-bond donors (Lipinski definition) is 1. The van der Waals surface area contributed by atoms with Gasteiger partial charge in [0, 0.05) is 30.5 Å². The molecule has 1 aromatic carbocycles. The average molecular weight is 292 g/mol. The highest BCUT2D eigenvalue weighted by atomic mass is 19.4. The number of alkyl halides is 3. The van der Waals surface area contributed by atoms with Crippen LogP contribution in [0.15, 0.2) is 42.7 Å². The van der Waals surface area contributed by atoms with Gasteiger partial charge in [-0.05, 0) is 30.0 Å². The highest BCUT2D eigenvalue weighted by Crippen LogP contribution is 2.37. The summed E-state index contributed by atoms with van der Waals surface area (Å²) < 4.78 is 39.4. The maximum atomic E-state index is 13.1. The number of halogens is 3. The van der Waals surface area contributed by atoms with Gasteiger partial charge in [-0.25, -0.2) is 0 Å². The first-order valence-corrected chi connectivity index (χ1v) is 6.88. The van der Waals surface area contributed by atoms with Crippen LogP contribution in [0.2, 0.25) is 0 Å². The molecular formula is C16H15F3N2. The van der Waals surface area contributed by atoms with Gasteiger partial charge in [-0.3, -0.25) is 4.98 Å². The van der Waals surface area contributed by atoms with Gasteiger partial charge in [-0.15, -0.1) is 0 Å². The zero-order valence-electron chi connectivity index (χ0n) is 11.3. The highest BCUT2D eigenvalue weighted by molar-refractivity contribution is 5.70. The Labute approximate surface area is 121 Å². The largest absolute Gasteiger partial charge is 0.417 e. The van der Waals surface area contributed by atoms with E-state index in [0.29, 0.717) is 18.2 Å². The van der Waals surface area contributed by atoms with Gasteiger partial charge >= 0.3 is 6.18 Å². The van der Waals surface area contributed by atoms with Crippen LogP contribution < -0.4 is 5.32 Å². The molecule has 0 atom stereocenters. The number of rotatable bonds is 4. The molecule has 2 aromatic rings. The second kappa shape index (κ2) is 5.48. The normalized spacial score (nSPS) is 15.2. The van der Waals surface area contributed by atoms with Gasteiger partial charge in [0.2, 0.25) is 0 Å². The summed E-state index contributed by atoms with van der Waals surface area (Å²) in [5, 5.41) is 3.34. The Morgan fingerprint density at radius 1 is 1.10 bits per heavy atom. The monoisotopic (exact) mass is 292 g/mol. The van der Waals surface area contributed by atoms with E-state index < -0.39 is 11.7 Å². The lowest BCUT2D eigenvalue weighted by Crippen LogP contribution is -2.16. The Balaban J connectivity index is 2.00. The van der Waals surface area contributed by atoms with Crippen molar-refractivity contribution in [1.29, 1.82) is 0 Å². The van der Waals surface area contributed by atoms with Crippen molar-refractivity contribution >= 4 is 0 Å². The number of hydrogen-bond acceptors (Lipinski definition) is 2. The van der Waals surface area contributed by atoms with E-state index in [1.54, 1.807) is 12.1 Å². The summed E-state index contributed by atoms with van der Waals surface area (Å²) in [5.41, 5.74) is 0.948. The number of aromatic nitrogens is 1. The van der Waals surface area contributed by atoms with Crippen molar-refractivity contribution in [2.24, 2.45) is 0 Å². The van der Waals surface area contributed by atoms with Gasteiger partial charge < -0.3 is 5.32 Å². The van der Waals surface area contributed by atoms with E-state index in [9.17, 15) is 13.2 Å². The molecule has 1 aliphatic rings. The molecule has 1 fully saturated rings. The van der Waals surface area contributed by atoms with Gasteiger partial charge in [-0.1, -0.05) is 24.3 Å². The standard InChI is InChI=1S/C16H15F3N2/c17-16(18,19)15-7-8-20-10-14(15)13-4-2-1-3-11(13)9-21-12-5-6-12/h1-4,7-8,10,12,21H,5-6,9H2. The van der Waals surface area contributed by atoms with E-state index in [1.807, 2.05) is 12.1 Å². The van der Waals surface area contributed by atoms with Crippen molar-refractivity contribution in [3.05, 3.63) is 53.9 Å². The third-order valence-electron chi connectivity index (χ3n) is 3.59. The number of nitrogens with zero attached hydrogens (tertiary/aromatic N) is 1. The number of pyridine rings is 1. The van der Waals surface area contributed by atoms with Crippen molar-refractivity contribution in [1.82, 2.24) is 10.3 Å². The van der Waals surface area contributed by atoms with Crippen molar-refractivity contribution in [2.75, 3.05) is 0 Å². The molecule has 0 aliphatic heterocycles. The minimum atomic E-state index is -4.38. The van der Waals surface area contributed by atoms with Crippen molar-refractivity contribution < 1.29 is 13.2 Å². The van der Waals surface area contributed by atoms with Crippen LogP contribution in [0.5, 0.6) is 0 Å². The Hall–Kier alpha value is -1.88. The van der Waals surface area contributed by atoms with Crippen LogP contribution in [0.4, 0.5) is 13.2 Å². The van der Waals surface area contributed by atoms with Gasteiger partial charge in [-0.2, -0.15) is 13.2 Å². The summed E-state index contributed by atoms with van der Waals surface area (Å²) in [5.74, 6) is 0. The molecule has 1 N–H and O–H groups in total. The molecule has 1 aliphatic carbocycles. The first-order chi connectivity index (χ1) is 10.1. The molecule has 110 valence electrons. The van der Waals surface area contributed by atoms with Crippen molar-refractivity contribution in [3.8, 4) is 11.1 Å². The second-order valence-corrected chi connectivity index (χ2v) is 5.23. The molecule has 0 spiro atoms. The van der Waals surface area contributed by atoms with Crippen LogP contribution in [-0.2, 0) is 12.7 Å². The molecule has 1 aromatic heterocycles. The van der Waals surface area contributed by atoms with Crippen LogP contribution >= 0.6 is 0 Å². The lowest BCUT2D eigenvalue weighted by molar-refractivity contribution is -0.137. The zero-order valence-corrected chi connectivity index (χ0v) is 11.3. The Morgan fingerprint density at radius 2 is 1.86 bits per heavy atom. The maximum absolute atomic E-state index is 13.1. The predicted octanol–water partition coefficient (Wildman–Crippen LogP) is 4.02. The second-order valence-electron chi connectivity index (χ2n) is 5.23. The highest BCUT2D eigenvalue weighted by Gasteiger charge is 2.34. The van der Waals surface area contributed by atoms with Crippen LogP contribution in [0.3, 0.4) is 0 Å². The van der Waals surface area contributed by atoms with E-state index in [4.69, 9.17) is 0 Å². The third kappa shape index (κ3) is 3.24. The van der Waals surface area contributed by atoms with Crippen molar-refractivity contribution in [2.45, 2.75) is 31.6 Å². The summed E-state index contributed by atoms with van der Waals surface area (Å²) >= 11 is 0. The first kappa shape index (κ1) is 14.1. The Bertz CT molecular complexity index is 633. The summed E-state index contributed by atoms with van der Waals surface area (Å²) in [6.07, 6.45) is 0.372. The van der Waals surface area contributed by atoms with Crippen LogP contribution in [0.25, 0.3) is 11.1 Å². The first-order valence-electron chi connectivity index (χ1n) is 6.88. The van der Waals surface area contributed by atoms with Gasteiger partial charge in [0.15, 0.2) is 0 Å². The molecule has 0 saturated heterocycles. The molecule has 1 heterocycles. The fourth-order valence-corrected chi connectivity index (χ4v) is 2.34. The zero-order chi connectivity index (χ0) is 14.9. The molecule has 5 heteroatoms. The number of benzene rings is 1. The molecule has 3 rings (SSSR count). The molecule has 0 bridgehead atoms. The minimum Gasteiger partial charge on any atom is -0.310 e. The van der Waals surface area contributed by atoms with E-state index in [2.05, 4.69) is 10.3 Å². The minimum absolute atomic E-state index is 0.137. The smallest absolute Gasteiger partial charge is 0.310 e. The molecule has 0 unspecified atom stereocenters. The van der Waals surface area contributed by atoms with Gasteiger partial charge in [0.05, 0.1) is 5.56 Å². The number of nitrogens with one attached hydrogen (secondary N) is 1. The predicted molar refractivity (Wildman–Crippen MR) is 74.5 cm³/mol. The third-order valence-corrected chi connectivity index (χ3v) is 3.59. The molecular weight excluding hydrogens is 277 g/mol. The molecule has 21 heavy (non-hydrogen) atoms. The summed E-state index contributed by atoms with van der Waals surface area (Å²) in [7, 11) is 0. The van der Waals surface area contributed by atoms with Crippen LogP contribution in [0, 0.1) is 0 Å². The van der Waals surface area contributed by atoms with E-state index in [0.717, 1.165) is 24.5 Å². The molecule has 0 radical (unpaired) electrons. The fourth-order valence-electron chi connectivity index (χ4n) is 2.34. The van der Waals surface area contributed by atoms with E-state index in [-0.39, 0.29) is 5.56 Å². The van der Waals surface area contributed by atoms with Crippen molar-refractivity contribution in [3.63, 3.8) is 0 Å². The Kier molecular flexibility index (Phi) is 3.68. The fraction of sp³-hybridized carbons (Fsp3) is 0.312. The SMILES string of the molecule is FC(F)(F)c1ccncc1-c1ccccc1CNC1CC1. The molecule has 2 nitrogen and oxygen atoms in total. The quantitative estimate of drug-likeness (QED) is 0.920. The van der Waals surface area contributed by atoms with Crippen LogP contribution in [0.1, 0.15) is 24.0 Å². The molecule has 1 saturated carbocycles.